The van der Waals surface area contributed by atoms with Crippen LogP contribution < -0.4 is 10.1 Å². The van der Waals surface area contributed by atoms with Gasteiger partial charge in [-0.3, -0.25) is 4.79 Å². The van der Waals surface area contributed by atoms with Crippen LogP contribution in [0.25, 0.3) is 10.8 Å². The maximum Gasteiger partial charge on any atom is 0.219 e. The normalized spacial score (nSPS) is 11.4. The Morgan fingerprint density at radius 1 is 1.24 bits per heavy atom. The number of nitrogens with one attached hydrogen (secondary N) is 1. The Morgan fingerprint density at radius 2 is 2.00 bits per heavy atom. The van der Waals surface area contributed by atoms with Gasteiger partial charge in [0.05, 0.1) is 7.11 Å². The fraction of sp³-hybridized carbons (Fsp3) is 0.389. The topological polar surface area (TPSA) is 38.3 Å². The van der Waals surface area contributed by atoms with Gasteiger partial charge in [-0.2, -0.15) is 0 Å². The van der Waals surface area contributed by atoms with Crippen LogP contribution in [0.2, 0.25) is 0 Å². The molecule has 0 saturated heterocycles. The molecule has 2 rings (SSSR count). The molecule has 0 aliphatic heterocycles. The van der Waals surface area contributed by atoms with Gasteiger partial charge in [0, 0.05) is 18.4 Å². The highest BCUT2D eigenvalue weighted by atomic mass is 16.5. The first-order chi connectivity index (χ1) is 9.97. The third-order valence-electron chi connectivity index (χ3n) is 3.87. The van der Waals surface area contributed by atoms with Crippen molar-refractivity contribution in [1.29, 1.82) is 0 Å². The van der Waals surface area contributed by atoms with Gasteiger partial charge in [-0.15, -0.1) is 0 Å². The fourth-order valence-electron chi connectivity index (χ4n) is 2.51. The van der Waals surface area contributed by atoms with E-state index in [-0.39, 0.29) is 11.3 Å². The van der Waals surface area contributed by atoms with Crippen LogP contribution in [0.1, 0.15) is 32.8 Å². The van der Waals surface area contributed by atoms with Crippen LogP contribution in [0, 0.1) is 0 Å². The van der Waals surface area contributed by atoms with Gasteiger partial charge in [0.25, 0.3) is 0 Å². The fourth-order valence-corrected chi connectivity index (χ4v) is 2.51. The number of hydrogen-bond donors (Lipinski definition) is 1. The summed E-state index contributed by atoms with van der Waals surface area (Å²) < 4.78 is 5.34. The third-order valence-corrected chi connectivity index (χ3v) is 3.87. The highest BCUT2D eigenvalue weighted by Crippen LogP contribution is 2.32. The lowest BCUT2D eigenvalue weighted by Gasteiger charge is -2.27. The minimum Gasteiger partial charge on any atom is -0.497 e. The summed E-state index contributed by atoms with van der Waals surface area (Å²) in [7, 11) is 1.68. The molecular formula is C18H23NO2. The van der Waals surface area contributed by atoms with Crippen molar-refractivity contribution in [2.24, 2.45) is 0 Å². The first kappa shape index (κ1) is 15.4. The molecule has 0 radical (unpaired) electrons. The highest BCUT2D eigenvalue weighted by molar-refractivity contribution is 5.88. The summed E-state index contributed by atoms with van der Waals surface area (Å²) in [5.74, 6) is 0.934. The van der Waals surface area contributed by atoms with Crippen molar-refractivity contribution in [3.63, 3.8) is 0 Å². The van der Waals surface area contributed by atoms with E-state index in [1.54, 1.807) is 7.11 Å². The second-order valence-corrected chi connectivity index (χ2v) is 5.91. The molecule has 0 saturated carbocycles. The predicted molar refractivity (Wildman–Crippen MR) is 86.8 cm³/mol. The zero-order chi connectivity index (χ0) is 15.5. The molecule has 1 amide bonds. The van der Waals surface area contributed by atoms with E-state index < -0.39 is 0 Å². The lowest BCUT2D eigenvalue weighted by Crippen LogP contribution is -2.36. The third kappa shape index (κ3) is 3.35. The van der Waals surface area contributed by atoms with Gasteiger partial charge in [0.15, 0.2) is 0 Å². The Hall–Kier alpha value is -2.03. The average Bonchev–Trinajstić information content (AvgIpc) is 2.51. The van der Waals surface area contributed by atoms with Crippen molar-refractivity contribution in [3.8, 4) is 5.75 Å². The van der Waals surface area contributed by atoms with E-state index in [4.69, 9.17) is 4.74 Å². The van der Waals surface area contributed by atoms with Gasteiger partial charge in [-0.1, -0.05) is 45.0 Å². The van der Waals surface area contributed by atoms with E-state index >= 15 is 0 Å². The zero-order valence-electron chi connectivity index (χ0n) is 13.2. The summed E-state index contributed by atoms with van der Waals surface area (Å²) in [5, 5.41) is 5.35. The second kappa shape index (κ2) is 6.17. The quantitative estimate of drug-likeness (QED) is 0.910. The summed E-state index contributed by atoms with van der Waals surface area (Å²) in [5.41, 5.74) is 1.08. The van der Waals surface area contributed by atoms with Crippen LogP contribution in [0.3, 0.4) is 0 Å². The van der Waals surface area contributed by atoms with Gasteiger partial charge in [0.2, 0.25) is 5.91 Å². The van der Waals surface area contributed by atoms with Crippen molar-refractivity contribution in [2.75, 3.05) is 13.7 Å². The SMILES string of the molecule is CCC(=O)NCC(C)(C)c1cccc2ccc(OC)cc12. The molecule has 0 aromatic heterocycles. The molecule has 0 fully saturated rings. The van der Waals surface area contributed by atoms with Crippen molar-refractivity contribution < 1.29 is 9.53 Å². The molecule has 0 spiro atoms. The Kier molecular flexibility index (Phi) is 4.51. The largest absolute Gasteiger partial charge is 0.497 e. The molecule has 0 heterocycles. The van der Waals surface area contributed by atoms with E-state index in [1.807, 2.05) is 13.0 Å². The molecule has 0 aliphatic carbocycles. The molecule has 112 valence electrons. The van der Waals surface area contributed by atoms with Crippen LogP contribution >= 0.6 is 0 Å². The smallest absolute Gasteiger partial charge is 0.219 e. The van der Waals surface area contributed by atoms with E-state index in [1.165, 1.54) is 16.3 Å². The Bertz CT molecular complexity index is 647. The average molecular weight is 285 g/mol. The van der Waals surface area contributed by atoms with Crippen LogP contribution in [0.5, 0.6) is 5.75 Å². The van der Waals surface area contributed by atoms with Crippen LogP contribution in [0.15, 0.2) is 36.4 Å². The number of benzene rings is 2. The number of rotatable bonds is 5. The van der Waals surface area contributed by atoms with Crippen molar-refractivity contribution in [3.05, 3.63) is 42.0 Å². The Balaban J connectivity index is 2.41. The number of carbonyl (C=O) groups excluding carboxylic acids is 1. The molecule has 1 N–H and O–H groups in total. The highest BCUT2D eigenvalue weighted by Gasteiger charge is 2.23. The lowest BCUT2D eigenvalue weighted by atomic mass is 9.81. The molecule has 3 nitrogen and oxygen atoms in total. The number of ether oxygens (including phenoxy) is 1. The Labute approximate surface area is 126 Å². The number of methoxy groups -OCH3 is 1. The van der Waals surface area contributed by atoms with E-state index in [0.717, 1.165) is 5.75 Å². The summed E-state index contributed by atoms with van der Waals surface area (Å²) in [4.78, 5) is 11.5. The first-order valence-corrected chi connectivity index (χ1v) is 7.32. The van der Waals surface area contributed by atoms with E-state index in [2.05, 4.69) is 49.5 Å². The minimum absolute atomic E-state index is 0.0842. The zero-order valence-corrected chi connectivity index (χ0v) is 13.2. The van der Waals surface area contributed by atoms with Gasteiger partial charge in [-0.05, 0) is 28.5 Å². The van der Waals surface area contributed by atoms with E-state index in [0.29, 0.717) is 13.0 Å². The molecule has 0 atom stereocenters. The van der Waals surface area contributed by atoms with Gasteiger partial charge in [-0.25, -0.2) is 0 Å². The second-order valence-electron chi connectivity index (χ2n) is 5.91. The minimum atomic E-state index is -0.142. The van der Waals surface area contributed by atoms with Crippen LogP contribution in [0.4, 0.5) is 0 Å². The van der Waals surface area contributed by atoms with Gasteiger partial charge >= 0.3 is 0 Å². The summed E-state index contributed by atoms with van der Waals surface area (Å²) in [6.45, 7) is 6.79. The van der Waals surface area contributed by atoms with E-state index in [9.17, 15) is 4.79 Å². The summed E-state index contributed by atoms with van der Waals surface area (Å²) in [6, 6.07) is 12.4. The predicted octanol–water partition coefficient (Wildman–Crippen LogP) is 3.65. The first-order valence-electron chi connectivity index (χ1n) is 7.32. The summed E-state index contributed by atoms with van der Waals surface area (Å²) in [6.07, 6.45) is 0.513. The van der Waals surface area contributed by atoms with Gasteiger partial charge in [0.1, 0.15) is 5.75 Å². The molecule has 2 aromatic carbocycles. The molecule has 2 aromatic rings. The standard InChI is InChI=1S/C18H23NO2/c1-5-17(20)19-12-18(2,3)16-8-6-7-13-9-10-14(21-4)11-15(13)16/h6-11H,5,12H2,1-4H3,(H,19,20). The van der Waals surface area contributed by atoms with Crippen LogP contribution in [-0.2, 0) is 10.2 Å². The maximum absolute atomic E-state index is 11.5. The molecule has 0 aliphatic rings. The number of amides is 1. The lowest BCUT2D eigenvalue weighted by molar-refractivity contribution is -0.121. The molecule has 0 unspecified atom stereocenters. The number of carbonyl (C=O) groups is 1. The Morgan fingerprint density at radius 3 is 2.67 bits per heavy atom. The number of hydrogen-bond acceptors (Lipinski definition) is 2. The summed E-state index contributed by atoms with van der Waals surface area (Å²) >= 11 is 0. The number of fused-ring (bicyclic) bond motifs is 1. The van der Waals surface area contributed by atoms with Crippen molar-refractivity contribution in [1.82, 2.24) is 5.32 Å². The monoisotopic (exact) mass is 285 g/mol. The molecular weight excluding hydrogens is 262 g/mol. The van der Waals surface area contributed by atoms with Crippen molar-refractivity contribution in [2.45, 2.75) is 32.6 Å². The molecule has 0 bridgehead atoms. The molecule has 3 heteroatoms. The van der Waals surface area contributed by atoms with Crippen LogP contribution in [-0.4, -0.2) is 19.6 Å². The maximum atomic E-state index is 11.5. The van der Waals surface area contributed by atoms with Crippen molar-refractivity contribution >= 4 is 16.7 Å². The molecule has 21 heavy (non-hydrogen) atoms. The van der Waals surface area contributed by atoms with Gasteiger partial charge < -0.3 is 10.1 Å².